The van der Waals surface area contributed by atoms with Crippen LogP contribution in [0.15, 0.2) is 11.4 Å². The minimum Gasteiger partial charge on any atom is -0.299 e. The third-order valence-electron chi connectivity index (χ3n) is 4.63. The van der Waals surface area contributed by atoms with Crippen LogP contribution in [0.25, 0.3) is 0 Å². The van der Waals surface area contributed by atoms with Gasteiger partial charge in [0.15, 0.2) is 0 Å². The molecule has 1 aromatic rings. The number of rotatable bonds is 5. The van der Waals surface area contributed by atoms with Crippen molar-refractivity contribution in [2.45, 2.75) is 32.4 Å². The van der Waals surface area contributed by atoms with Gasteiger partial charge in [-0.15, -0.1) is 11.3 Å². The Morgan fingerprint density at radius 3 is 2.26 bits per heavy atom. The molecule has 3 rings (SSSR count). The van der Waals surface area contributed by atoms with Gasteiger partial charge in [-0.2, -0.15) is 12.7 Å². The molecule has 130 valence electrons. The Bertz CT molecular complexity index is 603. The fraction of sp³-hybridized carbons (Fsp3) is 0.733. The van der Waals surface area contributed by atoms with Crippen molar-refractivity contribution in [3.05, 3.63) is 21.9 Å². The Kier molecular flexibility index (Phi) is 5.71. The number of hydrogen-bond acceptors (Lipinski definition) is 5. The van der Waals surface area contributed by atoms with Gasteiger partial charge in [0.2, 0.25) is 0 Å². The molecule has 2 N–H and O–H groups in total. The van der Waals surface area contributed by atoms with Gasteiger partial charge in [0, 0.05) is 44.1 Å². The number of thiophene rings is 1. The van der Waals surface area contributed by atoms with Gasteiger partial charge in [-0.3, -0.25) is 9.80 Å². The summed E-state index contributed by atoms with van der Waals surface area (Å²) in [4.78, 5) is 6.21. The molecule has 2 saturated heterocycles. The zero-order valence-electron chi connectivity index (χ0n) is 13.5. The number of hydrogen-bond donors (Lipinski definition) is 1. The van der Waals surface area contributed by atoms with Gasteiger partial charge < -0.3 is 0 Å². The summed E-state index contributed by atoms with van der Waals surface area (Å²) in [5.74, 6) is 0. The van der Waals surface area contributed by atoms with Crippen LogP contribution in [0.5, 0.6) is 0 Å². The number of piperidine rings is 1. The van der Waals surface area contributed by atoms with E-state index < -0.39 is 10.2 Å². The molecule has 0 spiro atoms. The lowest BCUT2D eigenvalue weighted by Crippen LogP contribution is -2.50. The smallest absolute Gasteiger partial charge is 0.276 e. The Morgan fingerprint density at radius 2 is 1.61 bits per heavy atom. The number of likely N-dealkylation sites (tertiary alicyclic amines) is 1. The highest BCUT2D eigenvalue weighted by Gasteiger charge is 2.24. The Morgan fingerprint density at radius 1 is 0.957 bits per heavy atom. The standard InChI is InChI=1S/C15H26N4O2S2/c16-23(20,21)19-8-6-18(7-9-19)12-15-10-14(13-22-15)11-17-4-2-1-3-5-17/h10,13H,1-9,11-12H2,(H2,16,20,21). The van der Waals surface area contributed by atoms with Gasteiger partial charge in [-0.05, 0) is 42.9 Å². The van der Waals surface area contributed by atoms with Crippen molar-refractivity contribution < 1.29 is 8.42 Å². The SMILES string of the molecule is NS(=O)(=O)N1CCN(Cc2cc(CN3CCCCC3)cs2)CC1. The molecule has 0 atom stereocenters. The van der Waals surface area contributed by atoms with Gasteiger partial charge in [0.05, 0.1) is 0 Å². The average molecular weight is 359 g/mol. The monoisotopic (exact) mass is 358 g/mol. The fourth-order valence-electron chi connectivity index (χ4n) is 3.33. The summed E-state index contributed by atoms with van der Waals surface area (Å²) in [5, 5.41) is 7.45. The van der Waals surface area contributed by atoms with E-state index in [9.17, 15) is 8.42 Å². The van der Waals surface area contributed by atoms with Gasteiger partial charge >= 0.3 is 0 Å². The van der Waals surface area contributed by atoms with E-state index in [0.29, 0.717) is 13.1 Å². The molecule has 2 fully saturated rings. The molecule has 0 bridgehead atoms. The number of nitrogens with two attached hydrogens (primary N) is 1. The van der Waals surface area contributed by atoms with Crippen molar-refractivity contribution in [2.24, 2.45) is 5.14 Å². The summed E-state index contributed by atoms with van der Waals surface area (Å²) < 4.78 is 24.0. The molecule has 6 nitrogen and oxygen atoms in total. The van der Waals surface area contributed by atoms with Crippen LogP contribution in [0, 0.1) is 0 Å². The van der Waals surface area contributed by atoms with Gasteiger partial charge in [0.1, 0.15) is 0 Å². The van der Waals surface area contributed by atoms with E-state index in [2.05, 4.69) is 21.2 Å². The zero-order chi connectivity index (χ0) is 16.3. The molecule has 0 unspecified atom stereocenters. The van der Waals surface area contributed by atoms with Crippen LogP contribution in [0.2, 0.25) is 0 Å². The normalized spacial score (nSPS) is 22.5. The van der Waals surface area contributed by atoms with E-state index in [-0.39, 0.29) is 0 Å². The maximum atomic E-state index is 11.3. The lowest BCUT2D eigenvalue weighted by atomic mass is 10.1. The van der Waals surface area contributed by atoms with Crippen LogP contribution in [-0.4, -0.2) is 61.8 Å². The minimum absolute atomic E-state index is 0.491. The van der Waals surface area contributed by atoms with E-state index in [1.165, 1.54) is 47.1 Å². The third-order valence-corrected chi connectivity index (χ3v) is 6.69. The summed E-state index contributed by atoms with van der Waals surface area (Å²) in [5.41, 5.74) is 1.41. The van der Waals surface area contributed by atoms with Crippen molar-refractivity contribution in [1.29, 1.82) is 0 Å². The summed E-state index contributed by atoms with van der Waals surface area (Å²) in [6.45, 7) is 6.89. The Hall–Kier alpha value is -0.510. The molecule has 8 heteroatoms. The van der Waals surface area contributed by atoms with Crippen LogP contribution in [0.1, 0.15) is 29.7 Å². The number of nitrogens with zero attached hydrogens (tertiary/aromatic N) is 3. The zero-order valence-corrected chi connectivity index (χ0v) is 15.1. The molecule has 0 aromatic carbocycles. The van der Waals surface area contributed by atoms with Crippen LogP contribution in [-0.2, 0) is 23.3 Å². The van der Waals surface area contributed by atoms with E-state index in [0.717, 1.165) is 26.2 Å². The maximum absolute atomic E-state index is 11.3. The molecule has 2 aliphatic heterocycles. The molecular formula is C15H26N4O2S2. The number of piperazine rings is 1. The Labute approximate surface area is 143 Å². The topological polar surface area (TPSA) is 69.9 Å². The van der Waals surface area contributed by atoms with E-state index in [1.807, 2.05) is 11.3 Å². The summed E-state index contributed by atoms with van der Waals surface area (Å²) in [7, 11) is -3.53. The molecular weight excluding hydrogens is 332 g/mol. The van der Waals surface area contributed by atoms with Gasteiger partial charge in [-0.1, -0.05) is 6.42 Å². The highest BCUT2D eigenvalue weighted by atomic mass is 32.2. The first-order chi connectivity index (χ1) is 11.0. The van der Waals surface area contributed by atoms with Crippen LogP contribution in [0.3, 0.4) is 0 Å². The van der Waals surface area contributed by atoms with Crippen molar-refractivity contribution in [2.75, 3.05) is 39.3 Å². The second-order valence-corrected chi connectivity index (χ2v) is 9.02. The van der Waals surface area contributed by atoms with Gasteiger partial charge in [0.25, 0.3) is 10.2 Å². The van der Waals surface area contributed by atoms with E-state index in [4.69, 9.17) is 5.14 Å². The summed E-state index contributed by atoms with van der Waals surface area (Å²) in [6.07, 6.45) is 4.02. The molecule has 3 heterocycles. The lowest BCUT2D eigenvalue weighted by molar-refractivity contribution is 0.183. The predicted molar refractivity (Wildman–Crippen MR) is 93.4 cm³/mol. The second kappa shape index (κ2) is 7.58. The fourth-order valence-corrected chi connectivity index (χ4v) is 4.92. The van der Waals surface area contributed by atoms with Crippen molar-refractivity contribution >= 4 is 21.5 Å². The van der Waals surface area contributed by atoms with Gasteiger partial charge in [-0.25, -0.2) is 5.14 Å². The first kappa shape index (κ1) is 17.3. The molecule has 2 aliphatic rings. The van der Waals surface area contributed by atoms with E-state index >= 15 is 0 Å². The third kappa shape index (κ3) is 4.98. The average Bonchev–Trinajstić information content (AvgIpc) is 2.95. The first-order valence-corrected chi connectivity index (χ1v) is 10.7. The molecule has 23 heavy (non-hydrogen) atoms. The maximum Gasteiger partial charge on any atom is 0.276 e. The van der Waals surface area contributed by atoms with Crippen LogP contribution in [0.4, 0.5) is 0 Å². The second-order valence-electron chi connectivity index (χ2n) is 6.48. The quantitative estimate of drug-likeness (QED) is 0.854. The predicted octanol–water partition coefficient (Wildman–Crippen LogP) is 1.06. The molecule has 0 amide bonds. The van der Waals surface area contributed by atoms with E-state index in [1.54, 1.807) is 0 Å². The Balaban J connectivity index is 1.48. The summed E-state index contributed by atoms with van der Waals surface area (Å²) >= 11 is 1.81. The summed E-state index contributed by atoms with van der Waals surface area (Å²) in [6, 6.07) is 2.31. The molecule has 0 radical (unpaired) electrons. The van der Waals surface area contributed by atoms with Crippen molar-refractivity contribution in [3.8, 4) is 0 Å². The van der Waals surface area contributed by atoms with Crippen LogP contribution >= 0.6 is 11.3 Å². The molecule has 0 saturated carbocycles. The van der Waals surface area contributed by atoms with Crippen molar-refractivity contribution in [3.63, 3.8) is 0 Å². The highest BCUT2D eigenvalue weighted by molar-refractivity contribution is 7.86. The molecule has 1 aromatic heterocycles. The highest BCUT2D eigenvalue weighted by Crippen LogP contribution is 2.21. The minimum atomic E-state index is -3.53. The molecule has 0 aliphatic carbocycles. The van der Waals surface area contributed by atoms with Crippen LogP contribution < -0.4 is 5.14 Å². The largest absolute Gasteiger partial charge is 0.299 e. The first-order valence-electron chi connectivity index (χ1n) is 8.29. The van der Waals surface area contributed by atoms with Crippen molar-refractivity contribution in [1.82, 2.24) is 14.1 Å². The lowest BCUT2D eigenvalue weighted by Gasteiger charge is -2.32.